The summed E-state index contributed by atoms with van der Waals surface area (Å²) in [6, 6.07) is 2.94. The fourth-order valence-corrected chi connectivity index (χ4v) is 2.24. The van der Waals surface area contributed by atoms with Crippen LogP contribution in [-0.2, 0) is 9.59 Å². The van der Waals surface area contributed by atoms with Gasteiger partial charge < -0.3 is 10.6 Å². The Bertz CT molecular complexity index is 824. The Morgan fingerprint density at radius 2 is 1.92 bits per heavy atom. The average Bonchev–Trinajstić information content (AvgIpc) is 2.91. The summed E-state index contributed by atoms with van der Waals surface area (Å²) in [5, 5.41) is 9.26. The molecule has 0 saturated carbocycles. The maximum atomic E-state index is 12.0. The number of carbonyl (C=O) groups is 2. The molecule has 134 valence electrons. The van der Waals surface area contributed by atoms with Gasteiger partial charge in [-0.05, 0) is 20.3 Å². The van der Waals surface area contributed by atoms with Gasteiger partial charge in [-0.15, -0.1) is 0 Å². The third kappa shape index (κ3) is 5.00. The quantitative estimate of drug-likeness (QED) is 0.528. The monoisotopic (exact) mass is 346 g/mol. The molecule has 0 aromatic carbocycles. The van der Waals surface area contributed by atoms with Crippen LogP contribution in [0.1, 0.15) is 37.6 Å². The normalized spacial score (nSPS) is 10.5. The lowest BCUT2D eigenvalue weighted by Crippen LogP contribution is -2.36. The highest BCUT2D eigenvalue weighted by Gasteiger charge is 2.17. The fraction of sp³-hybridized carbons (Fsp3) is 0.438. The molecule has 0 unspecified atom stereocenters. The molecule has 2 rings (SSSR count). The van der Waals surface area contributed by atoms with Crippen LogP contribution < -0.4 is 16.2 Å². The molecule has 0 fully saturated rings. The number of anilines is 1. The van der Waals surface area contributed by atoms with E-state index in [9.17, 15) is 14.4 Å². The second-order valence-electron chi connectivity index (χ2n) is 5.71. The Balaban J connectivity index is 2.14. The van der Waals surface area contributed by atoms with E-state index in [0.717, 1.165) is 19.3 Å². The minimum absolute atomic E-state index is 0.164. The van der Waals surface area contributed by atoms with Crippen molar-refractivity contribution in [2.24, 2.45) is 0 Å². The van der Waals surface area contributed by atoms with Crippen LogP contribution in [0.2, 0.25) is 0 Å². The molecular formula is C16H22N6O3. The van der Waals surface area contributed by atoms with Gasteiger partial charge in [-0.3, -0.25) is 19.4 Å². The number of aryl methyl sites for hydroxylation is 2. The number of hydrogen-bond acceptors (Lipinski definition) is 5. The molecule has 9 nitrogen and oxygen atoms in total. The first-order valence-corrected chi connectivity index (χ1v) is 8.15. The Morgan fingerprint density at radius 1 is 1.16 bits per heavy atom. The highest BCUT2D eigenvalue weighted by atomic mass is 16.2. The summed E-state index contributed by atoms with van der Waals surface area (Å²) in [6.07, 6.45) is 2.84. The zero-order valence-electron chi connectivity index (χ0n) is 14.5. The van der Waals surface area contributed by atoms with E-state index in [4.69, 9.17) is 0 Å². The van der Waals surface area contributed by atoms with E-state index in [1.807, 2.05) is 0 Å². The molecule has 0 bridgehead atoms. The van der Waals surface area contributed by atoms with Crippen molar-refractivity contribution < 1.29 is 9.59 Å². The largest absolute Gasteiger partial charge is 0.348 e. The zero-order valence-corrected chi connectivity index (χ0v) is 14.5. The molecular weight excluding hydrogens is 324 g/mol. The second-order valence-corrected chi connectivity index (χ2v) is 5.71. The number of rotatable bonds is 6. The zero-order chi connectivity index (χ0) is 18.4. The van der Waals surface area contributed by atoms with Gasteiger partial charge in [0.05, 0.1) is 5.69 Å². The molecule has 0 aliphatic rings. The van der Waals surface area contributed by atoms with Crippen molar-refractivity contribution in [3.8, 4) is 5.95 Å². The predicted molar refractivity (Wildman–Crippen MR) is 92.6 cm³/mol. The van der Waals surface area contributed by atoms with E-state index in [2.05, 4.69) is 32.6 Å². The van der Waals surface area contributed by atoms with Crippen LogP contribution in [0.4, 0.5) is 5.82 Å². The second kappa shape index (κ2) is 8.22. The summed E-state index contributed by atoms with van der Waals surface area (Å²) in [5.41, 5.74) is 0.780. The molecule has 2 aromatic rings. The molecule has 0 radical (unpaired) electrons. The summed E-state index contributed by atoms with van der Waals surface area (Å²) in [6.45, 7) is 5.91. The van der Waals surface area contributed by atoms with E-state index in [1.54, 1.807) is 19.9 Å². The molecule has 0 aliphatic carbocycles. The maximum absolute atomic E-state index is 12.0. The van der Waals surface area contributed by atoms with E-state index >= 15 is 0 Å². The van der Waals surface area contributed by atoms with Crippen molar-refractivity contribution in [3.63, 3.8) is 0 Å². The van der Waals surface area contributed by atoms with Crippen molar-refractivity contribution in [2.45, 2.75) is 40.0 Å². The minimum Gasteiger partial charge on any atom is -0.348 e. The van der Waals surface area contributed by atoms with E-state index in [1.165, 1.54) is 10.7 Å². The summed E-state index contributed by atoms with van der Waals surface area (Å²) >= 11 is 0. The van der Waals surface area contributed by atoms with Crippen LogP contribution in [0.3, 0.4) is 0 Å². The Hall–Kier alpha value is -2.97. The van der Waals surface area contributed by atoms with Crippen LogP contribution in [-0.4, -0.2) is 38.1 Å². The van der Waals surface area contributed by atoms with Crippen molar-refractivity contribution in [1.29, 1.82) is 0 Å². The number of unbranched alkanes of at least 4 members (excludes halogenated alkanes) is 2. The van der Waals surface area contributed by atoms with Gasteiger partial charge in [-0.25, -0.2) is 4.98 Å². The highest BCUT2D eigenvalue weighted by Crippen LogP contribution is 2.13. The number of nitrogens with one attached hydrogen (secondary N) is 3. The van der Waals surface area contributed by atoms with Crippen LogP contribution in [0.25, 0.3) is 5.95 Å². The first-order valence-electron chi connectivity index (χ1n) is 8.15. The van der Waals surface area contributed by atoms with Gasteiger partial charge in [0.2, 0.25) is 5.95 Å². The summed E-state index contributed by atoms with van der Waals surface area (Å²) in [5.74, 6) is -1.10. The number of hydrogen-bond donors (Lipinski definition) is 3. The van der Waals surface area contributed by atoms with Gasteiger partial charge in [0.15, 0.2) is 0 Å². The number of H-pyrrole nitrogens is 1. The Kier molecular flexibility index (Phi) is 6.04. The molecule has 2 amide bonds. The molecule has 25 heavy (non-hydrogen) atoms. The van der Waals surface area contributed by atoms with Crippen molar-refractivity contribution in [1.82, 2.24) is 25.1 Å². The van der Waals surface area contributed by atoms with Gasteiger partial charge in [0.1, 0.15) is 5.82 Å². The number of amides is 2. The molecule has 3 N–H and O–H groups in total. The Labute approximate surface area is 144 Å². The lowest BCUT2D eigenvalue weighted by Gasteiger charge is -2.08. The lowest BCUT2D eigenvalue weighted by atomic mass is 10.2. The highest BCUT2D eigenvalue weighted by molar-refractivity contribution is 6.39. The van der Waals surface area contributed by atoms with Gasteiger partial charge in [-0.2, -0.15) is 9.78 Å². The van der Waals surface area contributed by atoms with Crippen LogP contribution in [0.5, 0.6) is 0 Å². The van der Waals surface area contributed by atoms with Gasteiger partial charge in [0, 0.05) is 24.4 Å². The molecule has 2 aromatic heterocycles. The first kappa shape index (κ1) is 18.4. The molecule has 9 heteroatoms. The minimum atomic E-state index is -0.798. The number of carbonyl (C=O) groups excluding carboxylic acids is 2. The third-order valence-electron chi connectivity index (χ3n) is 3.40. The van der Waals surface area contributed by atoms with E-state index in [-0.39, 0.29) is 17.3 Å². The topological polar surface area (TPSA) is 122 Å². The molecule has 2 heterocycles. The van der Waals surface area contributed by atoms with Crippen molar-refractivity contribution >= 4 is 17.6 Å². The van der Waals surface area contributed by atoms with Crippen LogP contribution in [0, 0.1) is 13.8 Å². The summed E-state index contributed by atoms with van der Waals surface area (Å²) < 4.78 is 1.28. The number of aromatic nitrogens is 4. The fourth-order valence-electron chi connectivity index (χ4n) is 2.24. The maximum Gasteiger partial charge on any atom is 0.314 e. The van der Waals surface area contributed by atoms with Gasteiger partial charge >= 0.3 is 11.8 Å². The number of aromatic amines is 1. The molecule has 0 atom stereocenters. The summed E-state index contributed by atoms with van der Waals surface area (Å²) in [7, 11) is 0. The van der Waals surface area contributed by atoms with Crippen molar-refractivity contribution in [3.05, 3.63) is 33.9 Å². The SMILES string of the molecule is CCCCCNC(=O)C(=O)Nc1cc(C)nn1-c1nc(C)cc(=O)[nH]1. The average molecular weight is 346 g/mol. The molecule has 0 saturated heterocycles. The molecule has 0 aliphatic heterocycles. The van der Waals surface area contributed by atoms with Crippen LogP contribution >= 0.6 is 0 Å². The standard InChI is InChI=1S/C16H22N6O3/c1-4-5-6-7-17-14(24)15(25)19-12-8-11(3)21-22(12)16-18-10(2)9-13(23)20-16/h8-9H,4-7H2,1-3H3,(H,17,24)(H,19,25)(H,18,20,23). The van der Waals surface area contributed by atoms with E-state index < -0.39 is 11.8 Å². The first-order chi connectivity index (χ1) is 11.9. The smallest absolute Gasteiger partial charge is 0.314 e. The summed E-state index contributed by atoms with van der Waals surface area (Å²) in [4.78, 5) is 42.3. The number of nitrogens with zero attached hydrogens (tertiary/aromatic N) is 3. The third-order valence-corrected chi connectivity index (χ3v) is 3.40. The van der Waals surface area contributed by atoms with Gasteiger partial charge in [-0.1, -0.05) is 19.8 Å². The van der Waals surface area contributed by atoms with Gasteiger partial charge in [0.25, 0.3) is 5.56 Å². The Morgan fingerprint density at radius 3 is 2.60 bits per heavy atom. The van der Waals surface area contributed by atoms with Crippen LogP contribution in [0.15, 0.2) is 16.9 Å². The van der Waals surface area contributed by atoms with E-state index in [0.29, 0.717) is 17.9 Å². The predicted octanol–water partition coefficient (Wildman–Crippen LogP) is 0.817. The van der Waals surface area contributed by atoms with Crippen molar-refractivity contribution in [2.75, 3.05) is 11.9 Å². The lowest BCUT2D eigenvalue weighted by molar-refractivity contribution is -0.136. The molecule has 0 spiro atoms.